The Morgan fingerprint density at radius 3 is 2.63 bits per heavy atom. The molecule has 0 N–H and O–H groups in total. The first-order valence-electron chi connectivity index (χ1n) is 6.20. The predicted molar refractivity (Wildman–Crippen MR) is 73.0 cm³/mol. The van der Waals surface area contributed by atoms with Crippen LogP contribution >= 0.6 is 0 Å². The zero-order valence-corrected chi connectivity index (χ0v) is 11.0. The summed E-state index contributed by atoms with van der Waals surface area (Å²) in [6, 6.07) is 9.77. The second-order valence-corrected chi connectivity index (χ2v) is 4.99. The largest absolute Gasteiger partial charge is 0.493 e. The van der Waals surface area contributed by atoms with Gasteiger partial charge in [-0.05, 0) is 5.46 Å². The van der Waals surface area contributed by atoms with Gasteiger partial charge in [0, 0.05) is 24.7 Å². The van der Waals surface area contributed by atoms with Gasteiger partial charge in [0.1, 0.15) is 6.61 Å². The van der Waals surface area contributed by atoms with Crippen molar-refractivity contribution in [3.8, 4) is 0 Å². The predicted octanol–water partition coefficient (Wildman–Crippen LogP) is 1.16. The molecule has 100 valence electrons. The van der Waals surface area contributed by atoms with E-state index in [0.29, 0.717) is 13.2 Å². The molecule has 0 bridgehead atoms. The fourth-order valence-corrected chi connectivity index (χ4v) is 1.83. The summed E-state index contributed by atoms with van der Waals surface area (Å²) in [6.45, 7) is 6.55. The van der Waals surface area contributed by atoms with Crippen LogP contribution in [0.1, 0.15) is 6.92 Å². The van der Waals surface area contributed by atoms with Crippen molar-refractivity contribution in [2.45, 2.75) is 6.92 Å². The lowest BCUT2D eigenvalue weighted by atomic mass is 9.76. The quantitative estimate of drug-likeness (QED) is 0.463. The van der Waals surface area contributed by atoms with E-state index in [1.165, 1.54) is 0 Å². The van der Waals surface area contributed by atoms with Crippen molar-refractivity contribution in [1.29, 1.82) is 0 Å². The van der Waals surface area contributed by atoms with Crippen LogP contribution in [0.5, 0.6) is 0 Å². The third-order valence-corrected chi connectivity index (χ3v) is 2.97. The number of ether oxygens (including phenoxy) is 1. The van der Waals surface area contributed by atoms with E-state index in [0.717, 1.165) is 11.5 Å². The molecular weight excluding hydrogens is 243 g/mol. The average Bonchev–Trinajstić information content (AvgIpc) is 2.46. The summed E-state index contributed by atoms with van der Waals surface area (Å²) in [5, 5.41) is 0. The summed E-state index contributed by atoms with van der Waals surface area (Å²) < 4.78 is 16.5. The molecule has 1 heterocycles. The number of hydrogen-bond acceptors (Lipinski definition) is 4. The second-order valence-electron chi connectivity index (χ2n) is 4.99. The van der Waals surface area contributed by atoms with Crippen LogP contribution in [0.2, 0.25) is 0 Å². The van der Waals surface area contributed by atoms with Gasteiger partial charge < -0.3 is 14.0 Å². The van der Waals surface area contributed by atoms with Crippen molar-refractivity contribution >= 4 is 18.6 Å². The monoisotopic (exact) mass is 260 g/mol. The summed E-state index contributed by atoms with van der Waals surface area (Å²) in [7, 11) is -0.343. The maximum absolute atomic E-state index is 11.1. The van der Waals surface area contributed by atoms with Gasteiger partial charge >= 0.3 is 13.1 Å². The third-order valence-electron chi connectivity index (χ3n) is 2.97. The molecule has 0 spiro atoms. The van der Waals surface area contributed by atoms with Gasteiger partial charge in [-0.1, -0.05) is 43.8 Å². The normalized spacial score (nSPS) is 17.8. The molecule has 1 fully saturated rings. The molecule has 1 saturated heterocycles. The average molecular weight is 260 g/mol. The zero-order valence-electron chi connectivity index (χ0n) is 11.0. The molecule has 0 unspecified atom stereocenters. The molecule has 1 aromatic carbocycles. The Morgan fingerprint density at radius 1 is 1.42 bits per heavy atom. The number of carbonyl (C=O) groups excluding carboxylic acids is 1. The van der Waals surface area contributed by atoms with Gasteiger partial charge in [0.25, 0.3) is 0 Å². The van der Waals surface area contributed by atoms with E-state index in [9.17, 15) is 4.79 Å². The Balaban J connectivity index is 1.88. The van der Waals surface area contributed by atoms with Crippen LogP contribution in [0.25, 0.3) is 0 Å². The van der Waals surface area contributed by atoms with Crippen LogP contribution in [0.4, 0.5) is 0 Å². The van der Waals surface area contributed by atoms with E-state index < -0.39 is 5.97 Å². The topological polar surface area (TPSA) is 44.8 Å². The Bertz CT molecular complexity index is 438. The van der Waals surface area contributed by atoms with Crippen LogP contribution < -0.4 is 5.46 Å². The fourth-order valence-electron chi connectivity index (χ4n) is 1.83. The van der Waals surface area contributed by atoms with Gasteiger partial charge in [-0.15, -0.1) is 0 Å². The van der Waals surface area contributed by atoms with Crippen LogP contribution in [0, 0.1) is 5.41 Å². The van der Waals surface area contributed by atoms with Crippen molar-refractivity contribution in [3.63, 3.8) is 0 Å². The van der Waals surface area contributed by atoms with Crippen LogP contribution in [-0.4, -0.2) is 32.9 Å². The fraction of sp³-hybridized carbons (Fsp3) is 0.357. The van der Waals surface area contributed by atoms with Crippen LogP contribution in [-0.2, 0) is 18.8 Å². The molecule has 0 aliphatic carbocycles. The minimum absolute atomic E-state index is 0.263. The standard InChI is InChI=1S/C14H17BO4/c1-3-13(16)17-9-14(2)10-18-15(19-11-14)12-7-5-4-6-8-12/h3-8H,1,9-11H2,2H3. The summed E-state index contributed by atoms with van der Waals surface area (Å²) in [4.78, 5) is 11.1. The summed E-state index contributed by atoms with van der Waals surface area (Å²) >= 11 is 0. The molecule has 1 aliphatic rings. The molecule has 0 aromatic heterocycles. The minimum Gasteiger partial charge on any atom is -0.462 e. The molecule has 19 heavy (non-hydrogen) atoms. The molecule has 0 radical (unpaired) electrons. The van der Waals surface area contributed by atoms with Gasteiger partial charge in [-0.3, -0.25) is 0 Å². The van der Waals surface area contributed by atoms with E-state index >= 15 is 0 Å². The van der Waals surface area contributed by atoms with Gasteiger partial charge in [0.15, 0.2) is 0 Å². The van der Waals surface area contributed by atoms with Crippen molar-refractivity contribution in [1.82, 2.24) is 0 Å². The SMILES string of the molecule is C=CC(=O)OCC1(C)COB(c2ccccc2)OC1. The number of hydrogen-bond donors (Lipinski definition) is 0. The van der Waals surface area contributed by atoms with Crippen LogP contribution in [0.15, 0.2) is 43.0 Å². The Labute approximate surface area is 113 Å². The number of esters is 1. The molecule has 0 saturated carbocycles. The number of rotatable bonds is 4. The number of benzene rings is 1. The maximum atomic E-state index is 11.1. The molecular formula is C14H17BO4. The van der Waals surface area contributed by atoms with Gasteiger partial charge in [0.2, 0.25) is 0 Å². The second kappa shape index (κ2) is 6.04. The Kier molecular flexibility index (Phi) is 4.40. The minimum atomic E-state index is -0.425. The highest BCUT2D eigenvalue weighted by Gasteiger charge is 2.37. The number of carbonyl (C=O) groups is 1. The van der Waals surface area contributed by atoms with Crippen molar-refractivity contribution in [3.05, 3.63) is 43.0 Å². The van der Waals surface area contributed by atoms with E-state index in [4.69, 9.17) is 14.0 Å². The van der Waals surface area contributed by atoms with Gasteiger partial charge in [-0.2, -0.15) is 0 Å². The molecule has 2 rings (SSSR count). The van der Waals surface area contributed by atoms with E-state index in [-0.39, 0.29) is 19.1 Å². The molecule has 5 heteroatoms. The summed E-state index contributed by atoms with van der Waals surface area (Å²) in [5.74, 6) is -0.425. The smallest absolute Gasteiger partial charge is 0.462 e. The van der Waals surface area contributed by atoms with Crippen molar-refractivity contribution in [2.24, 2.45) is 5.41 Å². The Hall–Kier alpha value is -1.59. The highest BCUT2D eigenvalue weighted by molar-refractivity contribution is 6.61. The lowest BCUT2D eigenvalue weighted by Gasteiger charge is -2.35. The molecule has 1 aromatic rings. The first-order chi connectivity index (χ1) is 9.13. The van der Waals surface area contributed by atoms with Gasteiger partial charge in [-0.25, -0.2) is 4.79 Å². The molecule has 0 atom stereocenters. The summed E-state index contributed by atoms with van der Waals surface area (Å²) in [5.41, 5.74) is 0.678. The van der Waals surface area contributed by atoms with E-state index in [2.05, 4.69) is 6.58 Å². The highest BCUT2D eigenvalue weighted by Crippen LogP contribution is 2.23. The van der Waals surface area contributed by atoms with Crippen LogP contribution in [0.3, 0.4) is 0 Å². The van der Waals surface area contributed by atoms with Crippen molar-refractivity contribution in [2.75, 3.05) is 19.8 Å². The highest BCUT2D eigenvalue weighted by atomic mass is 16.6. The van der Waals surface area contributed by atoms with Gasteiger partial charge in [0.05, 0.1) is 0 Å². The Morgan fingerprint density at radius 2 is 2.05 bits per heavy atom. The lowest BCUT2D eigenvalue weighted by molar-refractivity contribution is -0.143. The molecule has 4 nitrogen and oxygen atoms in total. The molecule has 1 aliphatic heterocycles. The third kappa shape index (κ3) is 3.69. The van der Waals surface area contributed by atoms with Crippen molar-refractivity contribution < 1.29 is 18.8 Å². The first kappa shape index (κ1) is 13.8. The van der Waals surface area contributed by atoms with E-state index in [1.807, 2.05) is 37.3 Å². The maximum Gasteiger partial charge on any atom is 0.493 e. The zero-order chi connectivity index (χ0) is 13.7. The molecule has 0 amide bonds. The first-order valence-corrected chi connectivity index (χ1v) is 6.20. The lowest BCUT2D eigenvalue weighted by Crippen LogP contribution is -2.50. The van der Waals surface area contributed by atoms with E-state index in [1.54, 1.807) is 0 Å². The summed E-state index contributed by atoms with van der Waals surface area (Å²) in [6.07, 6.45) is 1.15.